The molecule has 2 aliphatic rings. The maximum absolute atomic E-state index is 11.9. The van der Waals surface area contributed by atoms with Gasteiger partial charge in [-0.1, -0.05) is 17.7 Å². The van der Waals surface area contributed by atoms with Gasteiger partial charge in [0.15, 0.2) is 0 Å². The van der Waals surface area contributed by atoms with Gasteiger partial charge in [-0.2, -0.15) is 8.78 Å². The zero-order valence-electron chi connectivity index (χ0n) is 6.76. The molecule has 0 fully saturated rings. The van der Waals surface area contributed by atoms with E-state index in [0.29, 0.717) is 0 Å². The molecule has 0 aliphatic heterocycles. The first-order valence-electron chi connectivity index (χ1n) is 4.00. The Balaban J connectivity index is 2.10. The van der Waals surface area contributed by atoms with Crippen LogP contribution in [-0.4, -0.2) is 12.7 Å². The zero-order valence-corrected chi connectivity index (χ0v) is 6.76. The van der Waals surface area contributed by atoms with Gasteiger partial charge in [0, 0.05) is 5.92 Å². The molecule has 0 radical (unpaired) electrons. The molecule has 12 heavy (non-hydrogen) atoms. The number of hydrogen-bond acceptors (Lipinski definition) is 1. The Morgan fingerprint density at radius 3 is 2.75 bits per heavy atom. The van der Waals surface area contributed by atoms with Crippen LogP contribution in [0.4, 0.5) is 8.78 Å². The summed E-state index contributed by atoms with van der Waals surface area (Å²) in [6.45, 7) is -0.690. The smallest absolute Gasteiger partial charge is 0.314 e. The molecule has 0 heterocycles. The molecule has 0 spiro atoms. The summed E-state index contributed by atoms with van der Waals surface area (Å²) in [7, 11) is 0. The zero-order chi connectivity index (χ0) is 8.72. The van der Waals surface area contributed by atoms with Gasteiger partial charge in [0.25, 0.3) is 0 Å². The van der Waals surface area contributed by atoms with Crippen LogP contribution in [0, 0.1) is 5.92 Å². The van der Waals surface area contributed by atoms with Crippen molar-refractivity contribution in [3.63, 3.8) is 0 Å². The van der Waals surface area contributed by atoms with Crippen molar-refractivity contribution in [1.29, 1.82) is 0 Å². The Kier molecular flexibility index (Phi) is 1.76. The second kappa shape index (κ2) is 2.66. The SMILES string of the molecule is CC1=CC2=CC[C@H]1C2OC(F)F. The van der Waals surface area contributed by atoms with Crippen molar-refractivity contribution in [2.24, 2.45) is 5.92 Å². The van der Waals surface area contributed by atoms with Crippen LogP contribution in [0.3, 0.4) is 0 Å². The van der Waals surface area contributed by atoms with Gasteiger partial charge < -0.3 is 4.74 Å². The Bertz CT molecular complexity index is 255. The molecule has 2 bridgehead atoms. The highest BCUT2D eigenvalue weighted by atomic mass is 19.3. The highest BCUT2D eigenvalue weighted by Gasteiger charge is 2.37. The van der Waals surface area contributed by atoms with Gasteiger partial charge in [-0.15, -0.1) is 0 Å². The van der Waals surface area contributed by atoms with Crippen LogP contribution in [0.1, 0.15) is 13.3 Å². The van der Waals surface area contributed by atoms with E-state index < -0.39 is 6.61 Å². The number of alkyl halides is 2. The van der Waals surface area contributed by atoms with Crippen LogP contribution >= 0.6 is 0 Å². The lowest BCUT2D eigenvalue weighted by molar-refractivity contribution is -0.157. The molecule has 2 atom stereocenters. The minimum absolute atomic E-state index is 0.175. The van der Waals surface area contributed by atoms with Crippen LogP contribution in [0.5, 0.6) is 0 Å². The fourth-order valence-electron chi connectivity index (χ4n) is 1.95. The van der Waals surface area contributed by atoms with Crippen molar-refractivity contribution in [2.45, 2.75) is 26.1 Å². The Labute approximate surface area is 69.7 Å². The van der Waals surface area contributed by atoms with Crippen molar-refractivity contribution in [3.05, 3.63) is 23.3 Å². The summed E-state index contributed by atoms with van der Waals surface area (Å²) >= 11 is 0. The molecule has 0 aromatic heterocycles. The van der Waals surface area contributed by atoms with E-state index in [1.165, 1.54) is 0 Å². The Morgan fingerprint density at radius 1 is 1.58 bits per heavy atom. The summed E-state index contributed by atoms with van der Waals surface area (Å²) in [5, 5.41) is 0. The van der Waals surface area contributed by atoms with E-state index in [1.54, 1.807) is 0 Å². The third kappa shape index (κ3) is 1.08. The highest BCUT2D eigenvalue weighted by Crippen LogP contribution is 2.41. The minimum Gasteiger partial charge on any atom is -0.314 e. The number of allylic oxidation sites excluding steroid dienone is 1. The highest BCUT2D eigenvalue weighted by molar-refractivity contribution is 5.42. The topological polar surface area (TPSA) is 9.23 Å². The molecule has 0 saturated carbocycles. The van der Waals surface area contributed by atoms with Crippen molar-refractivity contribution < 1.29 is 13.5 Å². The van der Waals surface area contributed by atoms with Crippen molar-refractivity contribution in [2.75, 3.05) is 0 Å². The average Bonchev–Trinajstić information content (AvgIpc) is 2.44. The monoisotopic (exact) mass is 172 g/mol. The van der Waals surface area contributed by atoms with E-state index in [4.69, 9.17) is 0 Å². The average molecular weight is 172 g/mol. The second-order valence-electron chi connectivity index (χ2n) is 3.25. The van der Waals surface area contributed by atoms with E-state index in [2.05, 4.69) is 4.74 Å². The molecule has 0 N–H and O–H groups in total. The lowest BCUT2D eigenvalue weighted by Gasteiger charge is -2.16. The molecule has 2 aliphatic carbocycles. The number of ether oxygens (including phenoxy) is 1. The molecule has 0 aromatic carbocycles. The molecule has 0 aromatic rings. The van der Waals surface area contributed by atoms with E-state index in [1.807, 2.05) is 19.1 Å². The molecule has 66 valence electrons. The van der Waals surface area contributed by atoms with Gasteiger partial charge >= 0.3 is 6.61 Å². The third-order valence-corrected chi connectivity index (χ3v) is 2.53. The predicted molar refractivity (Wildman–Crippen MR) is 40.8 cm³/mol. The van der Waals surface area contributed by atoms with E-state index in [0.717, 1.165) is 17.6 Å². The number of hydrogen-bond donors (Lipinski definition) is 0. The van der Waals surface area contributed by atoms with Crippen molar-refractivity contribution >= 4 is 0 Å². The third-order valence-electron chi connectivity index (χ3n) is 2.53. The van der Waals surface area contributed by atoms with Crippen LogP contribution in [0.25, 0.3) is 0 Å². The summed E-state index contributed by atoms with van der Waals surface area (Å²) in [5.41, 5.74) is 2.09. The standard InChI is InChI=1S/C9H10F2O/c1-5-4-6-2-3-7(5)8(6)12-9(10)11/h2,4,7-9H,3H2,1H3/t7-,8?/m1/s1. The minimum atomic E-state index is -2.65. The normalized spacial score (nSPS) is 32.7. The predicted octanol–water partition coefficient (Wildman–Crippen LogP) is 2.50. The summed E-state index contributed by atoms with van der Waals surface area (Å²) in [6, 6.07) is 0. The molecular formula is C9H10F2O. The summed E-state index contributed by atoms with van der Waals surface area (Å²) in [5.74, 6) is 0.175. The maximum Gasteiger partial charge on any atom is 0.345 e. The summed E-state index contributed by atoms with van der Waals surface area (Å²) < 4.78 is 28.3. The fraction of sp³-hybridized carbons (Fsp3) is 0.556. The molecule has 1 unspecified atom stereocenters. The Morgan fingerprint density at radius 2 is 2.33 bits per heavy atom. The first kappa shape index (κ1) is 7.92. The van der Waals surface area contributed by atoms with Crippen LogP contribution in [0.2, 0.25) is 0 Å². The van der Waals surface area contributed by atoms with Gasteiger partial charge in [0.2, 0.25) is 0 Å². The lowest BCUT2D eigenvalue weighted by Crippen LogP contribution is -2.20. The number of halogens is 2. The van der Waals surface area contributed by atoms with Gasteiger partial charge in [0.05, 0.1) is 6.10 Å². The van der Waals surface area contributed by atoms with Gasteiger partial charge in [0.1, 0.15) is 0 Å². The summed E-state index contributed by atoms with van der Waals surface area (Å²) in [6.07, 6.45) is 4.41. The summed E-state index contributed by atoms with van der Waals surface area (Å²) in [4.78, 5) is 0. The molecule has 2 rings (SSSR count). The van der Waals surface area contributed by atoms with Crippen molar-refractivity contribution in [1.82, 2.24) is 0 Å². The van der Waals surface area contributed by atoms with Gasteiger partial charge in [-0.3, -0.25) is 0 Å². The largest absolute Gasteiger partial charge is 0.345 e. The van der Waals surface area contributed by atoms with Crippen molar-refractivity contribution in [3.8, 4) is 0 Å². The van der Waals surface area contributed by atoms with Crippen LogP contribution in [0.15, 0.2) is 23.3 Å². The van der Waals surface area contributed by atoms with E-state index in [-0.39, 0.29) is 12.0 Å². The molecule has 3 heteroatoms. The van der Waals surface area contributed by atoms with Gasteiger partial charge in [-0.05, 0) is 18.9 Å². The molecule has 0 saturated heterocycles. The van der Waals surface area contributed by atoms with Gasteiger partial charge in [-0.25, -0.2) is 0 Å². The number of rotatable bonds is 2. The first-order chi connectivity index (χ1) is 5.68. The molecule has 0 amide bonds. The van der Waals surface area contributed by atoms with Crippen LogP contribution < -0.4 is 0 Å². The lowest BCUT2D eigenvalue weighted by atomic mass is 10.0. The molecular weight excluding hydrogens is 162 g/mol. The number of fused-ring (bicyclic) bond motifs is 2. The van der Waals surface area contributed by atoms with E-state index in [9.17, 15) is 8.78 Å². The Hall–Kier alpha value is -0.700. The first-order valence-corrected chi connectivity index (χ1v) is 4.00. The van der Waals surface area contributed by atoms with Crippen LogP contribution in [-0.2, 0) is 4.74 Å². The maximum atomic E-state index is 11.9. The second-order valence-corrected chi connectivity index (χ2v) is 3.25. The van der Waals surface area contributed by atoms with E-state index >= 15 is 0 Å². The fourth-order valence-corrected chi connectivity index (χ4v) is 1.95. The quantitative estimate of drug-likeness (QED) is 0.621. The molecule has 1 nitrogen and oxygen atoms in total.